The molecule has 0 unspecified atom stereocenters. The maximum absolute atomic E-state index is 11.8. The summed E-state index contributed by atoms with van der Waals surface area (Å²) in [5.41, 5.74) is -0.193. The fourth-order valence-corrected chi connectivity index (χ4v) is 1.18. The lowest BCUT2D eigenvalue weighted by Gasteiger charge is -2.09. The molecule has 1 N–H and O–H groups in total. The standard InChI is InChI=1S/C9H6ClF3O3/c10-7-3-5(16-4-9(11,12)13)1-2-6(7)8(14)15/h1-3H,4H2,(H,14,15). The monoisotopic (exact) mass is 254 g/mol. The largest absolute Gasteiger partial charge is 0.484 e. The normalized spacial score (nSPS) is 11.2. The van der Waals surface area contributed by atoms with E-state index in [1.807, 2.05) is 0 Å². The zero-order valence-corrected chi connectivity index (χ0v) is 8.47. The van der Waals surface area contributed by atoms with Crippen LogP contribution in [0.15, 0.2) is 18.2 Å². The lowest BCUT2D eigenvalue weighted by molar-refractivity contribution is -0.153. The molecule has 0 aliphatic heterocycles. The Morgan fingerprint density at radius 1 is 1.44 bits per heavy atom. The molecule has 0 radical (unpaired) electrons. The molecule has 16 heavy (non-hydrogen) atoms. The summed E-state index contributed by atoms with van der Waals surface area (Å²) in [6.45, 7) is -1.45. The number of alkyl halides is 3. The minimum atomic E-state index is -4.45. The van der Waals surface area contributed by atoms with Gasteiger partial charge in [0, 0.05) is 0 Å². The number of benzene rings is 1. The fourth-order valence-electron chi connectivity index (χ4n) is 0.924. The second-order valence-electron chi connectivity index (χ2n) is 2.85. The summed E-state index contributed by atoms with van der Waals surface area (Å²) in [6, 6.07) is 3.22. The molecule has 3 nitrogen and oxygen atoms in total. The highest BCUT2D eigenvalue weighted by atomic mass is 35.5. The Labute approximate surface area is 93.4 Å². The minimum absolute atomic E-state index is 0.132. The summed E-state index contributed by atoms with van der Waals surface area (Å²) in [4.78, 5) is 10.5. The van der Waals surface area contributed by atoms with Gasteiger partial charge in [0.25, 0.3) is 0 Å². The molecule has 0 spiro atoms. The van der Waals surface area contributed by atoms with Gasteiger partial charge in [-0.05, 0) is 18.2 Å². The lowest BCUT2D eigenvalue weighted by atomic mass is 10.2. The second-order valence-corrected chi connectivity index (χ2v) is 3.26. The van der Waals surface area contributed by atoms with Crippen molar-refractivity contribution in [1.82, 2.24) is 0 Å². The van der Waals surface area contributed by atoms with Crippen molar-refractivity contribution in [3.8, 4) is 5.75 Å². The summed E-state index contributed by atoms with van der Waals surface area (Å²) < 4.78 is 39.8. The first-order chi connectivity index (χ1) is 7.29. The molecule has 1 aromatic rings. The zero-order chi connectivity index (χ0) is 12.3. The predicted octanol–water partition coefficient (Wildman–Crippen LogP) is 2.98. The Kier molecular flexibility index (Phi) is 3.64. The van der Waals surface area contributed by atoms with E-state index in [4.69, 9.17) is 16.7 Å². The van der Waals surface area contributed by atoms with E-state index in [1.54, 1.807) is 0 Å². The molecule has 0 heterocycles. The van der Waals surface area contributed by atoms with E-state index in [2.05, 4.69) is 4.74 Å². The first-order valence-corrected chi connectivity index (χ1v) is 4.40. The van der Waals surface area contributed by atoms with E-state index < -0.39 is 18.8 Å². The van der Waals surface area contributed by atoms with Gasteiger partial charge < -0.3 is 9.84 Å². The van der Waals surface area contributed by atoms with Crippen LogP contribution in [0.5, 0.6) is 5.75 Å². The number of hydrogen-bond donors (Lipinski definition) is 1. The maximum atomic E-state index is 11.8. The number of carboxylic acid groups (broad SMARTS) is 1. The predicted molar refractivity (Wildman–Crippen MR) is 50.0 cm³/mol. The number of ether oxygens (including phenoxy) is 1. The van der Waals surface area contributed by atoms with Crippen LogP contribution in [-0.4, -0.2) is 23.9 Å². The van der Waals surface area contributed by atoms with E-state index in [1.165, 1.54) is 0 Å². The average molecular weight is 255 g/mol. The summed E-state index contributed by atoms with van der Waals surface area (Å²) in [5.74, 6) is -1.39. The van der Waals surface area contributed by atoms with Crippen LogP contribution in [0.2, 0.25) is 5.02 Å². The number of carboxylic acids is 1. The van der Waals surface area contributed by atoms with Gasteiger partial charge in [0.05, 0.1) is 10.6 Å². The highest BCUT2D eigenvalue weighted by Crippen LogP contribution is 2.24. The summed E-state index contributed by atoms with van der Waals surface area (Å²) in [6.07, 6.45) is -4.45. The van der Waals surface area contributed by atoms with E-state index in [-0.39, 0.29) is 16.3 Å². The molecule has 88 valence electrons. The molecule has 7 heteroatoms. The van der Waals surface area contributed by atoms with Crippen LogP contribution in [0.3, 0.4) is 0 Å². The van der Waals surface area contributed by atoms with Crippen molar-refractivity contribution in [2.24, 2.45) is 0 Å². The van der Waals surface area contributed by atoms with Crippen LogP contribution in [-0.2, 0) is 0 Å². The third-order valence-corrected chi connectivity index (χ3v) is 1.89. The van der Waals surface area contributed by atoms with Crippen molar-refractivity contribution < 1.29 is 27.8 Å². The first kappa shape index (κ1) is 12.6. The van der Waals surface area contributed by atoms with Crippen molar-refractivity contribution >= 4 is 17.6 Å². The smallest absolute Gasteiger partial charge is 0.422 e. The highest BCUT2D eigenvalue weighted by Gasteiger charge is 2.28. The lowest BCUT2D eigenvalue weighted by Crippen LogP contribution is -2.19. The SMILES string of the molecule is O=C(O)c1ccc(OCC(F)(F)F)cc1Cl. The Bertz CT molecular complexity index is 403. The average Bonchev–Trinajstić information content (AvgIpc) is 2.13. The molecule has 0 bridgehead atoms. The minimum Gasteiger partial charge on any atom is -0.484 e. The van der Waals surface area contributed by atoms with Crippen LogP contribution < -0.4 is 4.74 Å². The van der Waals surface area contributed by atoms with Gasteiger partial charge in [-0.25, -0.2) is 4.79 Å². The van der Waals surface area contributed by atoms with Gasteiger partial charge in [0.15, 0.2) is 6.61 Å². The molecule has 0 aliphatic rings. The number of carbonyl (C=O) groups is 1. The first-order valence-electron chi connectivity index (χ1n) is 4.02. The number of hydrogen-bond acceptors (Lipinski definition) is 2. The van der Waals surface area contributed by atoms with E-state index >= 15 is 0 Å². The molecule has 0 saturated carbocycles. The molecule has 0 amide bonds. The molecule has 0 aromatic heterocycles. The van der Waals surface area contributed by atoms with Crippen molar-refractivity contribution in [1.29, 1.82) is 0 Å². The molecule has 1 aromatic carbocycles. The molecule has 0 atom stereocenters. The van der Waals surface area contributed by atoms with Crippen molar-refractivity contribution in [3.63, 3.8) is 0 Å². The molecular weight excluding hydrogens is 249 g/mol. The third-order valence-electron chi connectivity index (χ3n) is 1.57. The van der Waals surface area contributed by atoms with Crippen LogP contribution in [0.4, 0.5) is 13.2 Å². The molecule has 0 aliphatic carbocycles. The van der Waals surface area contributed by atoms with Crippen LogP contribution >= 0.6 is 11.6 Å². The van der Waals surface area contributed by atoms with Gasteiger partial charge in [-0.15, -0.1) is 0 Å². The fraction of sp³-hybridized carbons (Fsp3) is 0.222. The van der Waals surface area contributed by atoms with Gasteiger partial charge in [-0.1, -0.05) is 11.6 Å². The van der Waals surface area contributed by atoms with Crippen LogP contribution in [0.1, 0.15) is 10.4 Å². The maximum Gasteiger partial charge on any atom is 0.422 e. The van der Waals surface area contributed by atoms with Gasteiger partial charge >= 0.3 is 12.1 Å². The van der Waals surface area contributed by atoms with Crippen LogP contribution in [0.25, 0.3) is 0 Å². The quantitative estimate of drug-likeness (QED) is 0.902. The van der Waals surface area contributed by atoms with E-state index in [0.717, 1.165) is 18.2 Å². The second kappa shape index (κ2) is 4.61. The molecular formula is C9H6ClF3O3. The van der Waals surface area contributed by atoms with E-state index in [0.29, 0.717) is 0 Å². The van der Waals surface area contributed by atoms with Crippen molar-refractivity contribution in [2.75, 3.05) is 6.61 Å². The Balaban J connectivity index is 2.78. The van der Waals surface area contributed by atoms with E-state index in [9.17, 15) is 18.0 Å². The van der Waals surface area contributed by atoms with Gasteiger partial charge in [0.2, 0.25) is 0 Å². The summed E-state index contributed by atoms with van der Waals surface area (Å²) in [7, 11) is 0. The summed E-state index contributed by atoms with van der Waals surface area (Å²) >= 11 is 5.53. The van der Waals surface area contributed by atoms with Gasteiger partial charge in [-0.3, -0.25) is 0 Å². The highest BCUT2D eigenvalue weighted by molar-refractivity contribution is 6.33. The molecule has 0 fully saturated rings. The summed E-state index contributed by atoms with van der Waals surface area (Å²) in [5, 5.41) is 8.44. The van der Waals surface area contributed by atoms with Crippen molar-refractivity contribution in [2.45, 2.75) is 6.18 Å². The van der Waals surface area contributed by atoms with Crippen molar-refractivity contribution in [3.05, 3.63) is 28.8 Å². The molecule has 0 saturated heterocycles. The number of aromatic carboxylic acids is 1. The number of halogens is 4. The van der Waals surface area contributed by atoms with Gasteiger partial charge in [-0.2, -0.15) is 13.2 Å². The Morgan fingerprint density at radius 3 is 2.50 bits per heavy atom. The number of rotatable bonds is 3. The van der Waals surface area contributed by atoms with Crippen LogP contribution in [0, 0.1) is 0 Å². The third kappa shape index (κ3) is 3.62. The zero-order valence-electron chi connectivity index (χ0n) is 7.71. The topological polar surface area (TPSA) is 46.5 Å². The Hall–Kier alpha value is -1.43. The van der Waals surface area contributed by atoms with Gasteiger partial charge in [0.1, 0.15) is 5.75 Å². The Morgan fingerprint density at radius 2 is 2.06 bits per heavy atom. The molecule has 1 rings (SSSR count).